The Bertz CT molecular complexity index is 341. The van der Waals surface area contributed by atoms with E-state index in [1.54, 1.807) is 24.3 Å². The SMILES string of the molecule is O=C(O)C(c1ccc(Cl)cc1)C1CC1. The lowest BCUT2D eigenvalue weighted by Crippen LogP contribution is -2.13. The molecule has 2 rings (SSSR count). The van der Waals surface area contributed by atoms with Crippen molar-refractivity contribution in [3.63, 3.8) is 0 Å². The van der Waals surface area contributed by atoms with Crippen LogP contribution in [0, 0.1) is 5.92 Å². The molecule has 0 radical (unpaired) electrons. The molecule has 1 aromatic carbocycles. The van der Waals surface area contributed by atoms with Gasteiger partial charge in [0.15, 0.2) is 0 Å². The summed E-state index contributed by atoms with van der Waals surface area (Å²) in [6, 6.07) is 7.10. The maximum absolute atomic E-state index is 11.0. The Labute approximate surface area is 87.5 Å². The van der Waals surface area contributed by atoms with Crippen molar-refractivity contribution in [1.29, 1.82) is 0 Å². The minimum Gasteiger partial charge on any atom is -0.481 e. The van der Waals surface area contributed by atoms with Gasteiger partial charge in [-0.1, -0.05) is 23.7 Å². The molecule has 74 valence electrons. The zero-order valence-electron chi connectivity index (χ0n) is 7.61. The summed E-state index contributed by atoms with van der Waals surface area (Å²) < 4.78 is 0. The highest BCUT2D eigenvalue weighted by Crippen LogP contribution is 2.42. The Morgan fingerprint density at radius 1 is 1.36 bits per heavy atom. The summed E-state index contributed by atoms with van der Waals surface area (Å²) in [6.07, 6.45) is 2.05. The van der Waals surface area contributed by atoms with E-state index in [1.165, 1.54) is 0 Å². The molecule has 3 heteroatoms. The van der Waals surface area contributed by atoms with Crippen LogP contribution in [0.2, 0.25) is 5.02 Å². The van der Waals surface area contributed by atoms with E-state index in [0.29, 0.717) is 10.9 Å². The molecular weight excluding hydrogens is 200 g/mol. The number of rotatable bonds is 3. The van der Waals surface area contributed by atoms with Crippen LogP contribution in [0.3, 0.4) is 0 Å². The Morgan fingerprint density at radius 2 is 1.93 bits per heavy atom. The number of hydrogen-bond donors (Lipinski definition) is 1. The molecule has 1 fully saturated rings. The minimum absolute atomic E-state index is 0.327. The first-order valence-corrected chi connectivity index (χ1v) is 5.04. The molecule has 1 N–H and O–H groups in total. The van der Waals surface area contributed by atoms with Crippen LogP contribution in [-0.2, 0) is 4.79 Å². The number of benzene rings is 1. The molecule has 2 nitrogen and oxygen atoms in total. The van der Waals surface area contributed by atoms with Crippen LogP contribution in [-0.4, -0.2) is 11.1 Å². The van der Waals surface area contributed by atoms with Gasteiger partial charge in [0, 0.05) is 5.02 Å². The third kappa shape index (κ3) is 1.90. The monoisotopic (exact) mass is 210 g/mol. The molecule has 1 saturated carbocycles. The predicted molar refractivity (Wildman–Crippen MR) is 54.6 cm³/mol. The predicted octanol–water partition coefficient (Wildman–Crippen LogP) is 2.92. The number of carboxylic acid groups (broad SMARTS) is 1. The van der Waals surface area contributed by atoms with E-state index in [2.05, 4.69) is 0 Å². The van der Waals surface area contributed by atoms with Crippen molar-refractivity contribution in [2.75, 3.05) is 0 Å². The van der Waals surface area contributed by atoms with Gasteiger partial charge in [-0.2, -0.15) is 0 Å². The molecule has 0 saturated heterocycles. The largest absolute Gasteiger partial charge is 0.481 e. The van der Waals surface area contributed by atoms with E-state index in [-0.39, 0.29) is 5.92 Å². The van der Waals surface area contributed by atoms with E-state index in [9.17, 15) is 4.79 Å². The van der Waals surface area contributed by atoms with E-state index in [4.69, 9.17) is 16.7 Å². The number of aliphatic carboxylic acids is 1. The van der Waals surface area contributed by atoms with Crippen LogP contribution >= 0.6 is 11.6 Å². The second-order valence-electron chi connectivity index (χ2n) is 3.70. The van der Waals surface area contributed by atoms with Crippen molar-refractivity contribution >= 4 is 17.6 Å². The fraction of sp³-hybridized carbons (Fsp3) is 0.364. The standard InChI is InChI=1S/C11H11ClO2/c12-9-5-3-8(4-6-9)10(11(13)14)7-1-2-7/h3-7,10H,1-2H2,(H,13,14). The third-order valence-corrected chi connectivity index (χ3v) is 2.84. The fourth-order valence-electron chi connectivity index (χ4n) is 1.72. The molecule has 1 atom stereocenters. The first-order valence-electron chi connectivity index (χ1n) is 4.67. The maximum atomic E-state index is 11.0. The number of carbonyl (C=O) groups is 1. The molecule has 1 unspecified atom stereocenters. The van der Waals surface area contributed by atoms with E-state index < -0.39 is 5.97 Å². The van der Waals surface area contributed by atoms with E-state index >= 15 is 0 Å². The second kappa shape index (κ2) is 3.62. The van der Waals surface area contributed by atoms with Crippen LogP contribution < -0.4 is 0 Å². The summed E-state index contributed by atoms with van der Waals surface area (Å²) in [5, 5.41) is 9.72. The molecule has 14 heavy (non-hydrogen) atoms. The van der Waals surface area contributed by atoms with Crippen LogP contribution in [0.15, 0.2) is 24.3 Å². The quantitative estimate of drug-likeness (QED) is 0.833. The van der Waals surface area contributed by atoms with E-state index in [1.807, 2.05) is 0 Å². The summed E-state index contributed by atoms with van der Waals surface area (Å²) in [4.78, 5) is 11.0. The van der Waals surface area contributed by atoms with Gasteiger partial charge in [-0.3, -0.25) is 4.79 Å². The molecule has 0 bridgehead atoms. The summed E-state index contributed by atoms with van der Waals surface area (Å²) in [6.45, 7) is 0. The highest BCUT2D eigenvalue weighted by Gasteiger charge is 2.37. The van der Waals surface area contributed by atoms with Gasteiger partial charge in [0.25, 0.3) is 0 Å². The Kier molecular flexibility index (Phi) is 2.46. The average molecular weight is 211 g/mol. The van der Waals surface area contributed by atoms with Crippen molar-refractivity contribution in [3.05, 3.63) is 34.9 Å². The molecule has 0 heterocycles. The zero-order valence-corrected chi connectivity index (χ0v) is 8.37. The van der Waals surface area contributed by atoms with Gasteiger partial charge in [-0.25, -0.2) is 0 Å². The lowest BCUT2D eigenvalue weighted by Gasteiger charge is -2.10. The second-order valence-corrected chi connectivity index (χ2v) is 4.14. The number of hydrogen-bond acceptors (Lipinski definition) is 1. The van der Waals surface area contributed by atoms with Crippen molar-refractivity contribution in [2.45, 2.75) is 18.8 Å². The van der Waals surface area contributed by atoms with Crippen molar-refractivity contribution in [3.8, 4) is 0 Å². The fourth-order valence-corrected chi connectivity index (χ4v) is 1.84. The van der Waals surface area contributed by atoms with Crippen molar-refractivity contribution in [1.82, 2.24) is 0 Å². The topological polar surface area (TPSA) is 37.3 Å². The molecule has 0 spiro atoms. The van der Waals surface area contributed by atoms with Gasteiger partial charge in [0.05, 0.1) is 5.92 Å². The first-order chi connectivity index (χ1) is 6.68. The summed E-state index contributed by atoms with van der Waals surface area (Å²) >= 11 is 5.74. The smallest absolute Gasteiger partial charge is 0.311 e. The normalized spacial score (nSPS) is 17.8. The third-order valence-electron chi connectivity index (χ3n) is 2.59. The lowest BCUT2D eigenvalue weighted by atomic mass is 9.94. The highest BCUT2D eigenvalue weighted by molar-refractivity contribution is 6.30. The minimum atomic E-state index is -0.727. The number of halogens is 1. The molecular formula is C11H11ClO2. The highest BCUT2D eigenvalue weighted by atomic mass is 35.5. The summed E-state index contributed by atoms with van der Waals surface area (Å²) in [5.74, 6) is -0.740. The van der Waals surface area contributed by atoms with Gasteiger partial charge < -0.3 is 5.11 Å². The Hall–Kier alpha value is -1.02. The van der Waals surface area contributed by atoms with Crippen LogP contribution in [0.1, 0.15) is 24.3 Å². The van der Waals surface area contributed by atoms with Gasteiger partial charge in [-0.15, -0.1) is 0 Å². The van der Waals surface area contributed by atoms with E-state index in [0.717, 1.165) is 18.4 Å². The Morgan fingerprint density at radius 3 is 2.36 bits per heavy atom. The zero-order chi connectivity index (χ0) is 10.1. The van der Waals surface area contributed by atoms with Crippen molar-refractivity contribution in [2.24, 2.45) is 5.92 Å². The van der Waals surface area contributed by atoms with Crippen LogP contribution in [0.25, 0.3) is 0 Å². The number of carboxylic acids is 1. The van der Waals surface area contributed by atoms with Gasteiger partial charge in [0.1, 0.15) is 0 Å². The molecule has 1 aliphatic carbocycles. The van der Waals surface area contributed by atoms with Crippen LogP contribution in [0.4, 0.5) is 0 Å². The first kappa shape index (κ1) is 9.53. The maximum Gasteiger partial charge on any atom is 0.311 e. The average Bonchev–Trinajstić information content (AvgIpc) is 2.92. The van der Waals surface area contributed by atoms with Gasteiger partial charge in [-0.05, 0) is 36.5 Å². The van der Waals surface area contributed by atoms with Crippen LogP contribution in [0.5, 0.6) is 0 Å². The lowest BCUT2D eigenvalue weighted by molar-refractivity contribution is -0.139. The van der Waals surface area contributed by atoms with Crippen molar-refractivity contribution < 1.29 is 9.90 Å². The molecule has 0 aliphatic heterocycles. The van der Waals surface area contributed by atoms with Gasteiger partial charge in [0.2, 0.25) is 0 Å². The Balaban J connectivity index is 2.26. The summed E-state index contributed by atoms with van der Waals surface area (Å²) in [5.41, 5.74) is 0.865. The van der Waals surface area contributed by atoms with Gasteiger partial charge >= 0.3 is 5.97 Å². The molecule has 1 aromatic rings. The molecule has 0 aromatic heterocycles. The molecule has 1 aliphatic rings. The molecule has 0 amide bonds. The summed E-state index contributed by atoms with van der Waals surface area (Å²) in [7, 11) is 0.